The number of aromatic nitrogens is 4. The van der Waals surface area contributed by atoms with Crippen molar-refractivity contribution in [2.75, 3.05) is 7.11 Å². The maximum absolute atomic E-state index is 11.9. The van der Waals surface area contributed by atoms with Crippen molar-refractivity contribution in [3.63, 3.8) is 0 Å². The minimum atomic E-state index is -0.203. The van der Waals surface area contributed by atoms with E-state index in [1.165, 1.54) is 6.26 Å². The van der Waals surface area contributed by atoms with E-state index in [1.54, 1.807) is 13.2 Å². The maximum Gasteiger partial charge on any atom is 0.184 e. The molecule has 0 aliphatic rings. The Bertz CT molecular complexity index is 1200. The minimum absolute atomic E-state index is 0.00779. The number of rotatable bonds is 10. The maximum atomic E-state index is 11.9. The van der Waals surface area contributed by atoms with Crippen LogP contribution in [0.5, 0.6) is 5.75 Å². The number of Topliss-reactive ketones (excluding diaryl/α,β-unsaturated/α-hetero) is 1. The fourth-order valence-electron chi connectivity index (χ4n) is 3.74. The third kappa shape index (κ3) is 4.86. The standard InChI is InChI=1S/C24H27N5O3/c1-15-8-9-16-12-17(23(31-2)13-20(16)27-15)21-14-26-24(28-21)18(25)6-4-3-5-7-22(30)19-10-11-32-29-19/h8-14,18H,3-7,25H2,1-2H3,(H,26,28). The number of benzene rings is 1. The van der Waals surface area contributed by atoms with E-state index in [0.29, 0.717) is 12.1 Å². The van der Waals surface area contributed by atoms with E-state index in [4.69, 9.17) is 20.0 Å². The molecule has 0 radical (unpaired) electrons. The molecule has 0 saturated heterocycles. The van der Waals surface area contributed by atoms with Crippen molar-refractivity contribution in [1.82, 2.24) is 20.1 Å². The zero-order valence-corrected chi connectivity index (χ0v) is 18.3. The molecule has 0 spiro atoms. The quantitative estimate of drug-likeness (QED) is 0.273. The number of H-pyrrole nitrogens is 1. The fraction of sp³-hybridized carbons (Fsp3) is 0.333. The SMILES string of the molecule is COc1cc2nc(C)ccc2cc1-c1c[nH]c(C(N)CCCCCC(=O)c2ccon2)n1. The van der Waals surface area contributed by atoms with Crippen molar-refractivity contribution in [3.05, 3.63) is 60.0 Å². The topological polar surface area (TPSA) is 120 Å². The van der Waals surface area contributed by atoms with Gasteiger partial charge >= 0.3 is 0 Å². The number of aryl methyl sites for hydroxylation is 1. The third-order valence-corrected chi connectivity index (χ3v) is 5.52. The Labute approximate surface area is 186 Å². The lowest BCUT2D eigenvalue weighted by Gasteiger charge is -2.10. The molecule has 166 valence electrons. The van der Waals surface area contributed by atoms with Crippen LogP contribution >= 0.6 is 0 Å². The van der Waals surface area contributed by atoms with Crippen LogP contribution in [0.25, 0.3) is 22.2 Å². The summed E-state index contributed by atoms with van der Waals surface area (Å²) in [7, 11) is 1.65. The van der Waals surface area contributed by atoms with Gasteiger partial charge < -0.3 is 20.0 Å². The second-order valence-corrected chi connectivity index (χ2v) is 7.88. The summed E-state index contributed by atoms with van der Waals surface area (Å²) >= 11 is 0. The predicted octanol–water partition coefficient (Wildman–Crippen LogP) is 4.76. The predicted molar refractivity (Wildman–Crippen MR) is 121 cm³/mol. The summed E-state index contributed by atoms with van der Waals surface area (Å²) in [4.78, 5) is 24.4. The van der Waals surface area contributed by atoms with Gasteiger partial charge in [-0.1, -0.05) is 24.1 Å². The molecule has 8 nitrogen and oxygen atoms in total. The molecule has 3 aromatic heterocycles. The number of methoxy groups -OCH3 is 1. The van der Waals surface area contributed by atoms with Gasteiger partial charge in [-0.25, -0.2) is 4.98 Å². The molecule has 1 unspecified atom stereocenters. The number of hydrogen-bond donors (Lipinski definition) is 2. The lowest BCUT2D eigenvalue weighted by atomic mass is 10.0. The van der Waals surface area contributed by atoms with E-state index in [2.05, 4.69) is 15.1 Å². The molecule has 3 heterocycles. The van der Waals surface area contributed by atoms with Crippen LogP contribution in [-0.2, 0) is 0 Å². The number of ketones is 1. The number of carbonyl (C=O) groups excluding carboxylic acids is 1. The highest BCUT2D eigenvalue weighted by molar-refractivity contribution is 5.93. The summed E-state index contributed by atoms with van der Waals surface area (Å²) in [6.07, 6.45) is 7.13. The van der Waals surface area contributed by atoms with Crippen LogP contribution in [0.15, 0.2) is 47.3 Å². The Morgan fingerprint density at radius 2 is 2.06 bits per heavy atom. The van der Waals surface area contributed by atoms with Gasteiger partial charge in [0.05, 0.1) is 24.4 Å². The number of nitrogens with one attached hydrogen (secondary N) is 1. The largest absolute Gasteiger partial charge is 0.496 e. The van der Waals surface area contributed by atoms with Gasteiger partial charge in [-0.05, 0) is 31.9 Å². The second-order valence-electron chi connectivity index (χ2n) is 7.88. The number of fused-ring (bicyclic) bond motifs is 1. The first-order valence-corrected chi connectivity index (χ1v) is 10.8. The van der Waals surface area contributed by atoms with Crippen LogP contribution < -0.4 is 10.5 Å². The van der Waals surface area contributed by atoms with E-state index >= 15 is 0 Å². The molecule has 1 aromatic carbocycles. The van der Waals surface area contributed by atoms with Crippen molar-refractivity contribution in [2.24, 2.45) is 5.73 Å². The van der Waals surface area contributed by atoms with E-state index < -0.39 is 0 Å². The van der Waals surface area contributed by atoms with Crippen molar-refractivity contribution >= 4 is 16.7 Å². The number of hydrogen-bond acceptors (Lipinski definition) is 7. The lowest BCUT2D eigenvalue weighted by Crippen LogP contribution is -2.12. The summed E-state index contributed by atoms with van der Waals surface area (Å²) in [6.45, 7) is 1.97. The van der Waals surface area contributed by atoms with Crippen molar-refractivity contribution in [1.29, 1.82) is 0 Å². The van der Waals surface area contributed by atoms with Crippen LogP contribution in [0.3, 0.4) is 0 Å². The molecule has 4 rings (SSSR count). The molecule has 0 aliphatic carbocycles. The van der Waals surface area contributed by atoms with E-state index in [-0.39, 0.29) is 11.8 Å². The summed E-state index contributed by atoms with van der Waals surface area (Å²) in [5.41, 5.74) is 10.3. The highest BCUT2D eigenvalue weighted by Gasteiger charge is 2.16. The van der Waals surface area contributed by atoms with E-state index in [9.17, 15) is 4.79 Å². The first-order valence-electron chi connectivity index (χ1n) is 10.8. The summed E-state index contributed by atoms with van der Waals surface area (Å²) in [5, 5.41) is 4.70. The molecule has 32 heavy (non-hydrogen) atoms. The minimum Gasteiger partial charge on any atom is -0.496 e. The summed E-state index contributed by atoms with van der Waals surface area (Å²) in [6, 6.07) is 9.40. The number of carbonyl (C=O) groups is 1. The smallest absolute Gasteiger partial charge is 0.184 e. The van der Waals surface area contributed by atoms with E-state index in [0.717, 1.165) is 65.1 Å². The Morgan fingerprint density at radius 1 is 1.19 bits per heavy atom. The van der Waals surface area contributed by atoms with Crippen molar-refractivity contribution in [2.45, 2.75) is 45.1 Å². The first-order chi connectivity index (χ1) is 15.5. The molecule has 4 aromatic rings. The number of nitrogens with two attached hydrogens (primary N) is 1. The Morgan fingerprint density at radius 3 is 2.84 bits per heavy atom. The third-order valence-electron chi connectivity index (χ3n) is 5.52. The summed E-state index contributed by atoms with van der Waals surface area (Å²) < 4.78 is 10.3. The van der Waals surface area contributed by atoms with Gasteiger partial charge in [0.25, 0.3) is 0 Å². The average Bonchev–Trinajstić information content (AvgIpc) is 3.50. The van der Waals surface area contributed by atoms with Crippen LogP contribution in [0.1, 0.15) is 60.2 Å². The zero-order valence-electron chi connectivity index (χ0n) is 18.3. The monoisotopic (exact) mass is 433 g/mol. The highest BCUT2D eigenvalue weighted by atomic mass is 16.5. The van der Waals surface area contributed by atoms with Gasteiger partial charge in [-0.15, -0.1) is 0 Å². The van der Waals surface area contributed by atoms with Gasteiger partial charge in [-0.2, -0.15) is 0 Å². The van der Waals surface area contributed by atoms with Crippen LogP contribution in [0.2, 0.25) is 0 Å². The normalized spacial score (nSPS) is 12.2. The number of pyridine rings is 1. The lowest BCUT2D eigenvalue weighted by molar-refractivity contribution is 0.0970. The Kier molecular flexibility index (Phi) is 6.61. The number of imidazole rings is 1. The molecular weight excluding hydrogens is 406 g/mol. The fourth-order valence-corrected chi connectivity index (χ4v) is 3.74. The number of aromatic amines is 1. The molecule has 3 N–H and O–H groups in total. The molecule has 0 fully saturated rings. The molecule has 0 amide bonds. The van der Waals surface area contributed by atoms with Gasteiger partial charge in [0.15, 0.2) is 5.78 Å². The summed E-state index contributed by atoms with van der Waals surface area (Å²) in [5.74, 6) is 1.47. The Balaban J connectivity index is 1.36. The van der Waals surface area contributed by atoms with E-state index in [1.807, 2.05) is 37.4 Å². The number of nitrogens with zero attached hydrogens (tertiary/aromatic N) is 3. The van der Waals surface area contributed by atoms with Crippen molar-refractivity contribution in [3.8, 4) is 17.0 Å². The van der Waals surface area contributed by atoms with Crippen LogP contribution in [0, 0.1) is 6.92 Å². The van der Waals surface area contributed by atoms with Gasteiger partial charge in [0.2, 0.25) is 0 Å². The molecular formula is C24H27N5O3. The molecule has 0 bridgehead atoms. The van der Waals surface area contributed by atoms with Gasteiger partial charge in [0.1, 0.15) is 23.5 Å². The van der Waals surface area contributed by atoms with Gasteiger partial charge in [0, 0.05) is 41.4 Å². The average molecular weight is 434 g/mol. The molecule has 1 atom stereocenters. The molecule has 8 heteroatoms. The van der Waals surface area contributed by atoms with Crippen LogP contribution in [0.4, 0.5) is 0 Å². The van der Waals surface area contributed by atoms with Gasteiger partial charge in [-0.3, -0.25) is 9.78 Å². The first kappa shape index (κ1) is 21.7. The van der Waals surface area contributed by atoms with Crippen LogP contribution in [-0.4, -0.2) is 33.0 Å². The Hall–Kier alpha value is -3.52. The van der Waals surface area contributed by atoms with Crippen molar-refractivity contribution < 1.29 is 14.1 Å². The second kappa shape index (κ2) is 9.74. The zero-order chi connectivity index (χ0) is 22.5. The molecule has 0 aliphatic heterocycles. The molecule has 0 saturated carbocycles. The number of unbranched alkanes of at least 4 members (excludes halogenated alkanes) is 2. The highest BCUT2D eigenvalue weighted by Crippen LogP contribution is 2.33. The number of ether oxygens (including phenoxy) is 1.